The minimum Gasteiger partial charge on any atom is -0.326 e. The van der Waals surface area contributed by atoms with E-state index in [1.54, 1.807) is 0 Å². The van der Waals surface area contributed by atoms with Crippen LogP contribution in [-0.2, 0) is 11.2 Å². The van der Waals surface area contributed by atoms with Crippen LogP contribution in [-0.4, -0.2) is 5.91 Å². The van der Waals surface area contributed by atoms with E-state index in [1.165, 1.54) is 0 Å². The van der Waals surface area contributed by atoms with Gasteiger partial charge in [-0.25, -0.2) is 0 Å². The SMILES string of the molecule is Cc1c(Cl)cccc1NC(=O)Cc1cccc2ccccc12. The lowest BCUT2D eigenvalue weighted by Gasteiger charge is -2.10. The van der Waals surface area contributed by atoms with Gasteiger partial charge >= 0.3 is 0 Å². The standard InChI is InChI=1S/C19H16ClNO/c1-13-17(20)10-5-11-18(13)21-19(22)12-15-8-4-7-14-6-2-3-9-16(14)15/h2-11H,12H2,1H3,(H,21,22). The van der Waals surface area contributed by atoms with Crippen molar-refractivity contribution >= 4 is 34.0 Å². The summed E-state index contributed by atoms with van der Waals surface area (Å²) in [4.78, 5) is 12.3. The van der Waals surface area contributed by atoms with Crippen molar-refractivity contribution in [3.8, 4) is 0 Å². The summed E-state index contributed by atoms with van der Waals surface area (Å²) >= 11 is 6.08. The summed E-state index contributed by atoms with van der Waals surface area (Å²) in [5.41, 5.74) is 2.67. The molecule has 3 aromatic carbocycles. The van der Waals surface area contributed by atoms with Gasteiger partial charge in [0, 0.05) is 10.7 Å². The Kier molecular flexibility index (Phi) is 4.12. The largest absolute Gasteiger partial charge is 0.326 e. The van der Waals surface area contributed by atoms with Crippen molar-refractivity contribution in [3.63, 3.8) is 0 Å². The highest BCUT2D eigenvalue weighted by atomic mass is 35.5. The van der Waals surface area contributed by atoms with Crippen molar-refractivity contribution in [2.24, 2.45) is 0 Å². The number of rotatable bonds is 3. The van der Waals surface area contributed by atoms with Gasteiger partial charge in [0.25, 0.3) is 0 Å². The van der Waals surface area contributed by atoms with Crippen molar-refractivity contribution in [1.29, 1.82) is 0 Å². The van der Waals surface area contributed by atoms with E-state index < -0.39 is 0 Å². The lowest BCUT2D eigenvalue weighted by Crippen LogP contribution is -2.15. The van der Waals surface area contributed by atoms with Crippen molar-refractivity contribution in [2.45, 2.75) is 13.3 Å². The monoisotopic (exact) mass is 309 g/mol. The Morgan fingerprint density at radius 1 is 1.00 bits per heavy atom. The van der Waals surface area contributed by atoms with Gasteiger partial charge in [0.1, 0.15) is 0 Å². The Morgan fingerprint density at radius 3 is 2.59 bits per heavy atom. The number of anilines is 1. The molecule has 0 spiro atoms. The van der Waals surface area contributed by atoms with Crippen LogP contribution in [0.5, 0.6) is 0 Å². The summed E-state index contributed by atoms with van der Waals surface area (Å²) in [7, 11) is 0. The zero-order valence-corrected chi connectivity index (χ0v) is 13.0. The molecule has 0 atom stereocenters. The van der Waals surface area contributed by atoms with Crippen molar-refractivity contribution in [2.75, 3.05) is 5.32 Å². The van der Waals surface area contributed by atoms with Gasteiger partial charge in [0.15, 0.2) is 0 Å². The fraction of sp³-hybridized carbons (Fsp3) is 0.105. The van der Waals surface area contributed by atoms with Crippen LogP contribution in [0.25, 0.3) is 10.8 Å². The number of fused-ring (bicyclic) bond motifs is 1. The molecule has 1 N–H and O–H groups in total. The molecule has 1 amide bonds. The first-order valence-corrected chi connectivity index (χ1v) is 7.54. The maximum absolute atomic E-state index is 12.3. The zero-order chi connectivity index (χ0) is 15.5. The highest BCUT2D eigenvalue weighted by molar-refractivity contribution is 6.31. The third-order valence-electron chi connectivity index (χ3n) is 3.77. The highest BCUT2D eigenvalue weighted by Crippen LogP contribution is 2.24. The van der Waals surface area contributed by atoms with E-state index in [9.17, 15) is 4.79 Å². The molecule has 0 saturated heterocycles. The van der Waals surface area contributed by atoms with E-state index in [2.05, 4.69) is 17.4 Å². The molecule has 2 nitrogen and oxygen atoms in total. The van der Waals surface area contributed by atoms with Crippen LogP contribution in [0, 0.1) is 6.92 Å². The fourth-order valence-electron chi connectivity index (χ4n) is 2.56. The molecule has 3 heteroatoms. The van der Waals surface area contributed by atoms with Gasteiger partial charge in [-0.1, -0.05) is 60.1 Å². The third kappa shape index (κ3) is 2.97. The molecule has 0 aliphatic heterocycles. The van der Waals surface area contributed by atoms with Crippen molar-refractivity contribution in [1.82, 2.24) is 0 Å². The first kappa shape index (κ1) is 14.6. The predicted molar refractivity (Wildman–Crippen MR) is 92.5 cm³/mol. The van der Waals surface area contributed by atoms with Gasteiger partial charge in [-0.3, -0.25) is 4.79 Å². The van der Waals surface area contributed by atoms with Gasteiger partial charge in [0.05, 0.1) is 6.42 Å². The Bertz CT molecular complexity index is 836. The van der Waals surface area contributed by atoms with Gasteiger partial charge < -0.3 is 5.32 Å². The Labute approximate surface area is 134 Å². The number of hydrogen-bond acceptors (Lipinski definition) is 1. The molecule has 0 aromatic heterocycles. The van der Waals surface area contributed by atoms with Crippen LogP contribution in [0.4, 0.5) is 5.69 Å². The van der Waals surface area contributed by atoms with Crippen molar-refractivity contribution in [3.05, 3.63) is 76.8 Å². The minimum atomic E-state index is -0.0401. The van der Waals surface area contributed by atoms with Crippen LogP contribution >= 0.6 is 11.6 Å². The van der Waals surface area contributed by atoms with Crippen molar-refractivity contribution < 1.29 is 4.79 Å². The zero-order valence-electron chi connectivity index (χ0n) is 12.3. The maximum Gasteiger partial charge on any atom is 0.228 e. The Hall–Kier alpha value is -2.32. The highest BCUT2D eigenvalue weighted by Gasteiger charge is 2.09. The number of hydrogen-bond donors (Lipinski definition) is 1. The van der Waals surface area contributed by atoms with E-state index in [1.807, 2.05) is 55.5 Å². The van der Waals surface area contributed by atoms with Crippen LogP contribution in [0.3, 0.4) is 0 Å². The summed E-state index contributed by atoms with van der Waals surface area (Å²) in [6.07, 6.45) is 0.341. The van der Waals surface area contributed by atoms with E-state index in [-0.39, 0.29) is 5.91 Å². The van der Waals surface area contributed by atoms with E-state index >= 15 is 0 Å². The fourth-order valence-corrected chi connectivity index (χ4v) is 2.73. The maximum atomic E-state index is 12.3. The Balaban J connectivity index is 1.83. The van der Waals surface area contributed by atoms with Crippen LogP contribution < -0.4 is 5.32 Å². The number of amides is 1. The first-order valence-electron chi connectivity index (χ1n) is 7.17. The summed E-state index contributed by atoms with van der Waals surface area (Å²) in [6.45, 7) is 1.90. The van der Waals surface area contributed by atoms with Crippen LogP contribution in [0.1, 0.15) is 11.1 Å². The Morgan fingerprint density at radius 2 is 1.73 bits per heavy atom. The second-order valence-corrected chi connectivity index (χ2v) is 5.68. The average molecular weight is 310 g/mol. The normalized spacial score (nSPS) is 10.6. The minimum absolute atomic E-state index is 0.0401. The molecule has 0 unspecified atom stereocenters. The first-order chi connectivity index (χ1) is 10.6. The average Bonchev–Trinajstić information content (AvgIpc) is 2.52. The molecule has 22 heavy (non-hydrogen) atoms. The second kappa shape index (κ2) is 6.20. The number of carbonyl (C=O) groups excluding carboxylic acids is 1. The lowest BCUT2D eigenvalue weighted by atomic mass is 10.0. The van der Waals surface area contributed by atoms with Crippen LogP contribution in [0.2, 0.25) is 5.02 Å². The summed E-state index contributed by atoms with van der Waals surface area (Å²) < 4.78 is 0. The van der Waals surface area contributed by atoms with E-state index in [4.69, 9.17) is 11.6 Å². The molecule has 0 heterocycles. The summed E-state index contributed by atoms with van der Waals surface area (Å²) in [5, 5.41) is 5.86. The second-order valence-electron chi connectivity index (χ2n) is 5.28. The quantitative estimate of drug-likeness (QED) is 0.726. The molecular weight excluding hydrogens is 294 g/mol. The number of halogens is 1. The van der Waals surface area contributed by atoms with Gasteiger partial charge in [-0.2, -0.15) is 0 Å². The molecule has 0 saturated carbocycles. The molecular formula is C19H16ClNO. The molecule has 0 bridgehead atoms. The molecule has 3 aromatic rings. The molecule has 110 valence electrons. The number of nitrogens with one attached hydrogen (secondary N) is 1. The summed E-state index contributed by atoms with van der Waals surface area (Å²) in [6, 6.07) is 19.6. The topological polar surface area (TPSA) is 29.1 Å². The van der Waals surface area contributed by atoms with E-state index in [0.29, 0.717) is 11.4 Å². The third-order valence-corrected chi connectivity index (χ3v) is 4.18. The molecule has 3 rings (SSSR count). The molecule has 0 aliphatic carbocycles. The molecule has 0 radical (unpaired) electrons. The summed E-state index contributed by atoms with van der Waals surface area (Å²) in [5.74, 6) is -0.0401. The van der Waals surface area contributed by atoms with Gasteiger partial charge in [0.2, 0.25) is 5.91 Å². The predicted octanol–water partition coefficient (Wildman–Crippen LogP) is 4.98. The number of carbonyl (C=O) groups is 1. The smallest absolute Gasteiger partial charge is 0.228 e. The van der Waals surface area contributed by atoms with Gasteiger partial charge in [-0.05, 0) is 41.0 Å². The lowest BCUT2D eigenvalue weighted by molar-refractivity contribution is -0.115. The van der Waals surface area contributed by atoms with Gasteiger partial charge in [-0.15, -0.1) is 0 Å². The molecule has 0 fully saturated rings. The van der Waals surface area contributed by atoms with E-state index in [0.717, 1.165) is 27.6 Å². The van der Waals surface area contributed by atoms with Crippen LogP contribution in [0.15, 0.2) is 60.7 Å². The number of benzene rings is 3. The molecule has 0 aliphatic rings.